The first-order chi connectivity index (χ1) is 11.6. The van der Waals surface area contributed by atoms with Gasteiger partial charge in [0.15, 0.2) is 0 Å². The van der Waals surface area contributed by atoms with Crippen LogP contribution in [0.1, 0.15) is 5.56 Å². The van der Waals surface area contributed by atoms with Crippen LogP contribution in [0.25, 0.3) is 6.08 Å². The second kappa shape index (κ2) is 7.53. The Morgan fingerprint density at radius 2 is 1.88 bits per heavy atom. The molecule has 0 N–H and O–H groups in total. The maximum Gasteiger partial charge on any atom is 0.246 e. The molecule has 2 heterocycles. The van der Waals surface area contributed by atoms with Crippen molar-refractivity contribution in [2.24, 2.45) is 0 Å². The third-order valence-corrected chi connectivity index (χ3v) is 4.28. The van der Waals surface area contributed by atoms with E-state index in [4.69, 9.17) is 0 Å². The Labute approximate surface area is 148 Å². The van der Waals surface area contributed by atoms with Crippen molar-refractivity contribution in [3.63, 3.8) is 0 Å². The molecule has 0 atom stereocenters. The van der Waals surface area contributed by atoms with Gasteiger partial charge < -0.3 is 9.80 Å². The molecular weight excluding hydrogens is 375 g/mol. The van der Waals surface area contributed by atoms with E-state index in [1.807, 2.05) is 4.90 Å². The molecular formula is C17H16BrFN4O. The van der Waals surface area contributed by atoms with Gasteiger partial charge in [0.25, 0.3) is 0 Å². The summed E-state index contributed by atoms with van der Waals surface area (Å²) in [6, 6.07) is 6.41. The number of amides is 1. The van der Waals surface area contributed by atoms with Gasteiger partial charge in [-0.15, -0.1) is 0 Å². The number of nitrogens with zero attached hydrogens (tertiary/aromatic N) is 4. The van der Waals surface area contributed by atoms with E-state index in [-0.39, 0.29) is 11.7 Å². The lowest BCUT2D eigenvalue weighted by Gasteiger charge is -2.34. The summed E-state index contributed by atoms with van der Waals surface area (Å²) in [6.07, 6.45) is 6.33. The van der Waals surface area contributed by atoms with E-state index in [0.29, 0.717) is 37.7 Å². The van der Waals surface area contributed by atoms with Crippen LogP contribution in [0.2, 0.25) is 0 Å². The maximum atomic E-state index is 13.7. The highest BCUT2D eigenvalue weighted by molar-refractivity contribution is 9.10. The first-order valence-corrected chi connectivity index (χ1v) is 8.37. The average molecular weight is 391 g/mol. The normalized spacial score (nSPS) is 15.1. The van der Waals surface area contributed by atoms with Crippen molar-refractivity contribution < 1.29 is 9.18 Å². The van der Waals surface area contributed by atoms with Gasteiger partial charge in [0.2, 0.25) is 11.9 Å². The topological polar surface area (TPSA) is 49.3 Å². The van der Waals surface area contributed by atoms with Crippen LogP contribution in [0, 0.1) is 5.82 Å². The fraction of sp³-hybridized carbons (Fsp3) is 0.235. The lowest BCUT2D eigenvalue weighted by molar-refractivity contribution is -0.126. The molecule has 0 aliphatic carbocycles. The SMILES string of the molecule is O=C(/C=C/c1cc(Br)ccc1F)N1CCN(c2ncccn2)CC1. The van der Waals surface area contributed by atoms with Gasteiger partial charge >= 0.3 is 0 Å². The van der Waals surface area contributed by atoms with Crippen LogP contribution in [0.15, 0.2) is 47.2 Å². The Hall–Kier alpha value is -2.28. The molecule has 0 radical (unpaired) electrons. The Balaban J connectivity index is 1.59. The second-order valence-corrected chi connectivity index (χ2v) is 6.28. The molecule has 0 unspecified atom stereocenters. The average Bonchev–Trinajstić information content (AvgIpc) is 2.63. The standard InChI is InChI=1S/C17H16BrFN4O/c18-14-3-4-15(19)13(12-14)2-5-16(24)22-8-10-23(11-9-22)17-20-6-1-7-21-17/h1-7,12H,8-11H2/b5-2+. The Bertz CT molecular complexity index is 746. The van der Waals surface area contributed by atoms with Crippen LogP contribution in [-0.4, -0.2) is 47.0 Å². The lowest BCUT2D eigenvalue weighted by Crippen LogP contribution is -2.48. The van der Waals surface area contributed by atoms with Crippen LogP contribution in [0.5, 0.6) is 0 Å². The first-order valence-electron chi connectivity index (χ1n) is 7.57. The molecule has 1 aliphatic rings. The zero-order valence-corrected chi connectivity index (χ0v) is 14.5. The molecule has 124 valence electrons. The van der Waals surface area contributed by atoms with E-state index in [9.17, 15) is 9.18 Å². The van der Waals surface area contributed by atoms with Gasteiger partial charge in [-0.05, 0) is 30.3 Å². The zero-order valence-electron chi connectivity index (χ0n) is 12.9. The van der Waals surface area contributed by atoms with Crippen LogP contribution < -0.4 is 4.90 Å². The maximum absolute atomic E-state index is 13.7. The highest BCUT2D eigenvalue weighted by Gasteiger charge is 2.21. The Morgan fingerprint density at radius 1 is 1.17 bits per heavy atom. The van der Waals surface area contributed by atoms with Crippen LogP contribution >= 0.6 is 15.9 Å². The summed E-state index contributed by atoms with van der Waals surface area (Å²) in [5, 5.41) is 0. The van der Waals surface area contributed by atoms with E-state index >= 15 is 0 Å². The predicted octanol–water partition coefficient (Wildman–Crippen LogP) is 2.74. The summed E-state index contributed by atoms with van der Waals surface area (Å²) in [7, 11) is 0. The van der Waals surface area contributed by atoms with Crippen LogP contribution in [0.4, 0.5) is 10.3 Å². The van der Waals surface area contributed by atoms with E-state index < -0.39 is 0 Å². The predicted molar refractivity (Wildman–Crippen MR) is 94.0 cm³/mol. The molecule has 0 spiro atoms. The molecule has 0 saturated carbocycles. The van der Waals surface area contributed by atoms with Gasteiger partial charge in [0.1, 0.15) is 5.82 Å². The lowest BCUT2D eigenvalue weighted by atomic mass is 10.2. The van der Waals surface area contributed by atoms with Crippen molar-refractivity contribution in [1.29, 1.82) is 0 Å². The number of carbonyl (C=O) groups is 1. The van der Waals surface area contributed by atoms with E-state index in [0.717, 1.165) is 4.47 Å². The molecule has 5 nitrogen and oxygen atoms in total. The van der Waals surface area contributed by atoms with Gasteiger partial charge in [-0.1, -0.05) is 15.9 Å². The van der Waals surface area contributed by atoms with Crippen molar-refractivity contribution in [2.45, 2.75) is 0 Å². The largest absolute Gasteiger partial charge is 0.337 e. The minimum atomic E-state index is -0.353. The summed E-state index contributed by atoms with van der Waals surface area (Å²) >= 11 is 3.30. The summed E-state index contributed by atoms with van der Waals surface area (Å²) in [6.45, 7) is 2.52. The molecule has 3 rings (SSSR count). The summed E-state index contributed by atoms with van der Waals surface area (Å²) in [5.74, 6) is 0.202. The molecule has 7 heteroatoms. The number of rotatable bonds is 3. The van der Waals surface area contributed by atoms with Gasteiger partial charge in [-0.3, -0.25) is 4.79 Å². The molecule has 2 aromatic rings. The number of benzene rings is 1. The number of halogens is 2. The van der Waals surface area contributed by atoms with E-state index in [1.54, 1.807) is 35.5 Å². The monoisotopic (exact) mass is 390 g/mol. The quantitative estimate of drug-likeness (QED) is 0.756. The van der Waals surface area contributed by atoms with Crippen molar-refractivity contribution in [1.82, 2.24) is 14.9 Å². The third kappa shape index (κ3) is 3.97. The summed E-state index contributed by atoms with van der Waals surface area (Å²) in [4.78, 5) is 24.5. The number of anilines is 1. The first kappa shape index (κ1) is 16.6. The van der Waals surface area contributed by atoms with Crippen molar-refractivity contribution in [3.8, 4) is 0 Å². The molecule has 1 amide bonds. The molecule has 0 bridgehead atoms. The summed E-state index contributed by atoms with van der Waals surface area (Å²) < 4.78 is 14.5. The number of hydrogen-bond acceptors (Lipinski definition) is 4. The Kier molecular flexibility index (Phi) is 5.20. The van der Waals surface area contributed by atoms with Gasteiger partial charge in [-0.2, -0.15) is 0 Å². The minimum Gasteiger partial charge on any atom is -0.337 e. The van der Waals surface area contributed by atoms with Gasteiger partial charge in [0.05, 0.1) is 0 Å². The Morgan fingerprint density at radius 3 is 2.58 bits per heavy atom. The van der Waals surface area contributed by atoms with Crippen molar-refractivity contribution in [3.05, 3.63) is 58.6 Å². The second-order valence-electron chi connectivity index (χ2n) is 5.36. The van der Waals surface area contributed by atoms with E-state index in [1.165, 1.54) is 18.2 Å². The molecule has 1 aliphatic heterocycles. The highest BCUT2D eigenvalue weighted by atomic mass is 79.9. The fourth-order valence-corrected chi connectivity index (χ4v) is 2.87. The minimum absolute atomic E-state index is 0.122. The van der Waals surface area contributed by atoms with Crippen LogP contribution in [-0.2, 0) is 4.79 Å². The number of piperazine rings is 1. The number of hydrogen-bond donors (Lipinski definition) is 0. The van der Waals surface area contributed by atoms with Crippen molar-refractivity contribution >= 4 is 33.9 Å². The smallest absolute Gasteiger partial charge is 0.246 e. The number of aromatic nitrogens is 2. The molecule has 1 saturated heterocycles. The number of carbonyl (C=O) groups excluding carboxylic acids is 1. The van der Waals surface area contributed by atoms with E-state index in [2.05, 4.69) is 25.9 Å². The summed E-state index contributed by atoms with van der Waals surface area (Å²) in [5.41, 5.74) is 0.383. The zero-order chi connectivity index (χ0) is 16.9. The van der Waals surface area contributed by atoms with Crippen LogP contribution in [0.3, 0.4) is 0 Å². The third-order valence-electron chi connectivity index (χ3n) is 3.79. The van der Waals surface area contributed by atoms with Crippen molar-refractivity contribution in [2.75, 3.05) is 31.1 Å². The molecule has 1 aromatic heterocycles. The van der Waals surface area contributed by atoms with Gasteiger partial charge in [0, 0.05) is 54.7 Å². The molecule has 1 aromatic carbocycles. The molecule has 1 fully saturated rings. The van der Waals surface area contributed by atoms with Gasteiger partial charge in [-0.25, -0.2) is 14.4 Å². The fourth-order valence-electron chi connectivity index (χ4n) is 2.49. The highest BCUT2D eigenvalue weighted by Crippen LogP contribution is 2.17. The molecule has 24 heavy (non-hydrogen) atoms.